The number of hydrogen-bond acceptors (Lipinski definition) is 3. The van der Waals surface area contributed by atoms with Gasteiger partial charge in [0.05, 0.1) is 0 Å². The topological polar surface area (TPSA) is 19.6 Å². The average Bonchev–Trinajstić information content (AvgIpc) is 3.71. The molecule has 0 radical (unpaired) electrons. The van der Waals surface area contributed by atoms with Crippen LogP contribution in [0.2, 0.25) is 0 Å². The van der Waals surface area contributed by atoms with Crippen LogP contribution in [0.1, 0.15) is 130 Å². The van der Waals surface area contributed by atoms with E-state index in [1.54, 1.807) is 0 Å². The standard InChI is InChI=1S/C64H65BN2O/c1-60(2,3)41-33-46-47-35-45(66(42-23-17-13-18-24-42)43-25-19-14-20-26-43)37-54-57(47)65(58-56(46)55(34-41)68-59(58)40-21-15-12-16-22-40)52-38-50-51(64(10,11)32-31-63(50,8)9)39-53(52)67(54)44-27-28-48-49(36-44)62(6,7)30-29-61(48,4)5/h12-28,33-39H,29-32H2,1-11H3. The molecule has 8 aromatic rings. The van der Waals surface area contributed by atoms with E-state index in [1.165, 1.54) is 84.2 Å². The second kappa shape index (κ2) is 14.6. The minimum absolute atomic E-state index is 0.0127. The number of hydrogen-bond donors (Lipinski definition) is 0. The molecule has 1 aromatic heterocycles. The lowest BCUT2D eigenvalue weighted by atomic mass is 9.31. The zero-order chi connectivity index (χ0) is 47.3. The van der Waals surface area contributed by atoms with Gasteiger partial charge in [-0.2, -0.15) is 0 Å². The van der Waals surface area contributed by atoms with Gasteiger partial charge in [-0.25, -0.2) is 0 Å². The van der Waals surface area contributed by atoms with Crippen molar-refractivity contribution in [1.29, 1.82) is 0 Å². The van der Waals surface area contributed by atoms with Crippen molar-refractivity contribution in [2.75, 3.05) is 9.80 Å². The summed E-state index contributed by atoms with van der Waals surface area (Å²) in [4.78, 5) is 5.15. The molecule has 7 aromatic carbocycles. The molecule has 0 atom stereocenters. The molecular formula is C64H65BN2O. The number of para-hydroxylation sites is 2. The number of fused-ring (bicyclic) bond motifs is 6. The van der Waals surface area contributed by atoms with Crippen molar-refractivity contribution in [1.82, 2.24) is 0 Å². The summed E-state index contributed by atoms with van der Waals surface area (Å²) in [5, 5.41) is 1.23. The fourth-order valence-electron chi connectivity index (χ4n) is 12.7. The molecule has 0 saturated carbocycles. The van der Waals surface area contributed by atoms with Crippen LogP contribution in [0, 0.1) is 0 Å². The second-order valence-electron chi connectivity index (χ2n) is 24.3. The summed E-state index contributed by atoms with van der Waals surface area (Å²) in [5.41, 5.74) is 22.9. The Labute approximate surface area is 405 Å². The Morgan fingerprint density at radius 3 is 1.63 bits per heavy atom. The molecule has 12 rings (SSSR count). The highest BCUT2D eigenvalue weighted by molar-refractivity contribution is 7.01. The first-order valence-corrected chi connectivity index (χ1v) is 25.2. The first-order chi connectivity index (χ1) is 32.3. The van der Waals surface area contributed by atoms with Crippen molar-refractivity contribution in [2.24, 2.45) is 0 Å². The molecule has 0 spiro atoms. The molecule has 3 heterocycles. The van der Waals surface area contributed by atoms with E-state index in [2.05, 4.69) is 232 Å². The van der Waals surface area contributed by atoms with E-state index < -0.39 is 0 Å². The van der Waals surface area contributed by atoms with Crippen molar-refractivity contribution in [3.05, 3.63) is 173 Å². The predicted octanol–water partition coefficient (Wildman–Crippen LogP) is 15.8. The zero-order valence-corrected chi connectivity index (χ0v) is 42.1. The lowest BCUT2D eigenvalue weighted by Gasteiger charge is -2.47. The second-order valence-corrected chi connectivity index (χ2v) is 24.3. The molecule has 2 aliphatic heterocycles. The van der Waals surface area contributed by atoms with Gasteiger partial charge in [0, 0.05) is 45.1 Å². The molecule has 4 aliphatic rings. The Morgan fingerprint density at radius 1 is 0.500 bits per heavy atom. The number of nitrogens with zero attached hydrogens (tertiary/aromatic N) is 2. The lowest BCUT2D eigenvalue weighted by molar-refractivity contribution is 0.332. The maximum absolute atomic E-state index is 7.37. The van der Waals surface area contributed by atoms with Crippen molar-refractivity contribution < 1.29 is 4.42 Å². The molecule has 0 bridgehead atoms. The summed E-state index contributed by atoms with van der Waals surface area (Å²) in [6.07, 6.45) is 4.64. The number of furan rings is 1. The summed E-state index contributed by atoms with van der Waals surface area (Å²) < 4.78 is 7.37. The summed E-state index contributed by atoms with van der Waals surface area (Å²) in [6.45, 7) is 26.6. The molecular weight excluding hydrogens is 824 g/mol. The van der Waals surface area contributed by atoms with Crippen molar-refractivity contribution in [3.8, 4) is 22.5 Å². The van der Waals surface area contributed by atoms with Crippen molar-refractivity contribution in [3.63, 3.8) is 0 Å². The van der Waals surface area contributed by atoms with Crippen LogP contribution in [0.4, 0.5) is 34.1 Å². The van der Waals surface area contributed by atoms with Gasteiger partial charge in [0.25, 0.3) is 6.71 Å². The Hall–Kier alpha value is -6.26. The molecule has 4 heteroatoms. The smallest absolute Gasteiger partial charge is 0.253 e. The van der Waals surface area contributed by atoms with Crippen LogP contribution in [-0.2, 0) is 27.1 Å². The number of anilines is 6. The molecule has 0 unspecified atom stereocenters. The fraction of sp³-hybridized carbons (Fsp3) is 0.312. The van der Waals surface area contributed by atoms with Crippen LogP contribution in [0.5, 0.6) is 0 Å². The first-order valence-electron chi connectivity index (χ1n) is 25.2. The molecule has 2 aliphatic carbocycles. The normalized spacial score (nSPS) is 17.8. The third kappa shape index (κ3) is 6.45. The predicted molar refractivity (Wildman–Crippen MR) is 290 cm³/mol. The van der Waals surface area contributed by atoms with Crippen molar-refractivity contribution >= 4 is 68.2 Å². The SMILES string of the molecule is CC(C)(C)c1cc2c3c(c(-c4ccccc4)oc3c1)B1c3cc4c(cc3N(c3ccc5c(c3)C(C)(C)CCC5(C)C)c3cc(N(c5ccccc5)c5ccccc5)cc-2c31)C(C)(C)CCC4(C)C. The Bertz CT molecular complexity index is 3290. The maximum atomic E-state index is 7.37. The third-order valence-electron chi connectivity index (χ3n) is 16.9. The maximum Gasteiger partial charge on any atom is 0.253 e. The first kappa shape index (κ1) is 43.1. The molecule has 0 N–H and O–H groups in total. The van der Waals surface area contributed by atoms with E-state index in [4.69, 9.17) is 4.42 Å². The van der Waals surface area contributed by atoms with Crippen LogP contribution in [0.15, 0.2) is 150 Å². The number of benzene rings is 7. The van der Waals surface area contributed by atoms with E-state index in [1.807, 2.05) is 0 Å². The van der Waals surface area contributed by atoms with Gasteiger partial charge in [-0.15, -0.1) is 0 Å². The van der Waals surface area contributed by atoms with E-state index in [-0.39, 0.29) is 33.8 Å². The van der Waals surface area contributed by atoms with Crippen LogP contribution in [0.25, 0.3) is 33.4 Å². The minimum Gasteiger partial charge on any atom is -0.457 e. The van der Waals surface area contributed by atoms with Gasteiger partial charge >= 0.3 is 0 Å². The Morgan fingerprint density at radius 2 is 1.04 bits per heavy atom. The van der Waals surface area contributed by atoms with Crippen LogP contribution < -0.4 is 26.2 Å². The third-order valence-corrected chi connectivity index (χ3v) is 16.9. The monoisotopic (exact) mass is 889 g/mol. The lowest BCUT2D eigenvalue weighted by Crippen LogP contribution is -2.60. The largest absolute Gasteiger partial charge is 0.457 e. The van der Waals surface area contributed by atoms with Gasteiger partial charge in [-0.05, 0) is 175 Å². The van der Waals surface area contributed by atoms with Crippen LogP contribution in [-0.4, -0.2) is 6.71 Å². The molecule has 3 nitrogen and oxygen atoms in total. The van der Waals surface area contributed by atoms with E-state index in [0.29, 0.717) is 0 Å². The van der Waals surface area contributed by atoms with E-state index in [0.717, 1.165) is 53.2 Å². The summed E-state index contributed by atoms with van der Waals surface area (Å²) in [6, 6.07) is 55.5. The molecule has 0 fully saturated rings. The summed E-state index contributed by atoms with van der Waals surface area (Å²) >= 11 is 0. The van der Waals surface area contributed by atoms with Crippen LogP contribution >= 0.6 is 0 Å². The fourth-order valence-corrected chi connectivity index (χ4v) is 12.7. The molecule has 340 valence electrons. The Balaban J connectivity index is 1.27. The summed E-state index contributed by atoms with van der Waals surface area (Å²) in [5.74, 6) is 0.975. The van der Waals surface area contributed by atoms with Crippen LogP contribution in [0.3, 0.4) is 0 Å². The minimum atomic E-state index is -0.112. The highest BCUT2D eigenvalue weighted by Gasteiger charge is 2.48. The average molecular weight is 889 g/mol. The highest BCUT2D eigenvalue weighted by atomic mass is 16.3. The van der Waals surface area contributed by atoms with Gasteiger partial charge in [-0.1, -0.05) is 155 Å². The van der Waals surface area contributed by atoms with Gasteiger partial charge in [0.2, 0.25) is 0 Å². The number of rotatable bonds is 5. The van der Waals surface area contributed by atoms with Gasteiger partial charge in [0.1, 0.15) is 11.3 Å². The molecule has 0 saturated heterocycles. The summed E-state index contributed by atoms with van der Waals surface area (Å²) in [7, 11) is 0. The van der Waals surface area contributed by atoms with E-state index in [9.17, 15) is 0 Å². The quantitative estimate of drug-likeness (QED) is 0.161. The molecule has 68 heavy (non-hydrogen) atoms. The highest BCUT2D eigenvalue weighted by Crippen LogP contribution is 2.54. The Kier molecular flexibility index (Phi) is 9.26. The van der Waals surface area contributed by atoms with Crippen molar-refractivity contribution in [2.45, 2.75) is 129 Å². The van der Waals surface area contributed by atoms with E-state index >= 15 is 0 Å². The zero-order valence-electron chi connectivity index (χ0n) is 42.1. The van der Waals surface area contributed by atoms with Gasteiger partial charge in [-0.3, -0.25) is 0 Å². The van der Waals surface area contributed by atoms with Gasteiger partial charge in [0.15, 0.2) is 0 Å². The van der Waals surface area contributed by atoms with Gasteiger partial charge < -0.3 is 14.2 Å². The molecule has 0 amide bonds.